The lowest BCUT2D eigenvalue weighted by Crippen LogP contribution is -2.08. The highest BCUT2D eigenvalue weighted by Crippen LogP contribution is 2.26. The van der Waals surface area contributed by atoms with E-state index in [1.54, 1.807) is 0 Å². The molecule has 0 fully saturated rings. The van der Waals surface area contributed by atoms with Crippen LogP contribution in [-0.4, -0.2) is 26.1 Å². The minimum absolute atomic E-state index is 0.722. The molecular weight excluding hydrogens is 382 g/mol. The normalized spacial score (nSPS) is 11.0. The first-order valence-electron chi connectivity index (χ1n) is 10.5. The van der Waals surface area contributed by atoms with Crippen molar-refractivity contribution >= 4 is 11.5 Å². The number of fused-ring (bicyclic) bond motifs is 1. The van der Waals surface area contributed by atoms with Gasteiger partial charge in [0.2, 0.25) is 0 Å². The van der Waals surface area contributed by atoms with Crippen molar-refractivity contribution in [3.8, 4) is 22.5 Å². The molecule has 1 N–H and O–H groups in total. The van der Waals surface area contributed by atoms with Crippen molar-refractivity contribution in [3.05, 3.63) is 103 Å². The first-order valence-corrected chi connectivity index (χ1v) is 10.5. The average Bonchev–Trinajstić information content (AvgIpc) is 3.28. The van der Waals surface area contributed by atoms with Crippen molar-refractivity contribution in [2.45, 2.75) is 12.8 Å². The van der Waals surface area contributed by atoms with Gasteiger partial charge in [-0.1, -0.05) is 60.7 Å². The first kappa shape index (κ1) is 19.0. The summed E-state index contributed by atoms with van der Waals surface area (Å²) in [5, 5.41) is 8.36. The standard InChI is InChI=1S/C26H23N5/c1-3-8-20(9-4-1)10-7-15-28-24-18-23(21-13-16-27-17-14-21)19-25-29-26(30-31(24)25)22-11-5-2-6-12-22/h1-6,8-9,11-14,16-19,28H,7,10,15H2. The zero-order valence-corrected chi connectivity index (χ0v) is 17.1. The highest BCUT2D eigenvalue weighted by atomic mass is 15.3. The van der Waals surface area contributed by atoms with Gasteiger partial charge in [0.25, 0.3) is 0 Å². The molecule has 152 valence electrons. The van der Waals surface area contributed by atoms with Crippen LogP contribution in [0.3, 0.4) is 0 Å². The summed E-state index contributed by atoms with van der Waals surface area (Å²) in [6.07, 6.45) is 5.69. The third-order valence-electron chi connectivity index (χ3n) is 5.27. The Hall–Kier alpha value is -3.99. The molecule has 3 aromatic heterocycles. The number of benzene rings is 2. The second-order valence-electron chi connectivity index (χ2n) is 7.45. The number of anilines is 1. The zero-order chi connectivity index (χ0) is 20.9. The van der Waals surface area contributed by atoms with Crippen molar-refractivity contribution in [1.82, 2.24) is 19.6 Å². The van der Waals surface area contributed by atoms with Crippen LogP contribution < -0.4 is 5.32 Å². The van der Waals surface area contributed by atoms with Crippen LogP contribution in [0.1, 0.15) is 12.0 Å². The van der Waals surface area contributed by atoms with Crippen LogP contribution in [-0.2, 0) is 6.42 Å². The number of rotatable bonds is 7. The number of pyridine rings is 2. The van der Waals surface area contributed by atoms with Crippen molar-refractivity contribution in [2.24, 2.45) is 0 Å². The Bertz CT molecular complexity index is 1260. The molecule has 5 nitrogen and oxygen atoms in total. The Balaban J connectivity index is 1.46. The fourth-order valence-corrected chi connectivity index (χ4v) is 3.68. The Morgan fingerprint density at radius 2 is 1.48 bits per heavy atom. The fraction of sp³-hybridized carbons (Fsp3) is 0.115. The van der Waals surface area contributed by atoms with Crippen LogP contribution in [0.4, 0.5) is 5.82 Å². The predicted molar refractivity (Wildman–Crippen MR) is 125 cm³/mol. The van der Waals surface area contributed by atoms with Crippen LogP contribution in [0.5, 0.6) is 0 Å². The van der Waals surface area contributed by atoms with Gasteiger partial charge in [0.15, 0.2) is 11.5 Å². The summed E-state index contributed by atoms with van der Waals surface area (Å²) in [6.45, 7) is 0.852. The molecule has 5 rings (SSSR count). The molecule has 0 aliphatic rings. The van der Waals surface area contributed by atoms with Crippen molar-refractivity contribution in [3.63, 3.8) is 0 Å². The highest BCUT2D eigenvalue weighted by Gasteiger charge is 2.12. The van der Waals surface area contributed by atoms with E-state index in [1.165, 1.54) is 5.56 Å². The number of aryl methyl sites for hydroxylation is 1. The van der Waals surface area contributed by atoms with E-state index in [2.05, 4.69) is 52.8 Å². The predicted octanol–water partition coefficient (Wildman–Crippen LogP) is 5.50. The lowest BCUT2D eigenvalue weighted by Gasteiger charge is -2.11. The van der Waals surface area contributed by atoms with E-state index in [-0.39, 0.29) is 0 Å². The molecule has 0 saturated carbocycles. The van der Waals surface area contributed by atoms with E-state index in [0.717, 1.165) is 53.4 Å². The molecular formula is C26H23N5. The molecule has 31 heavy (non-hydrogen) atoms. The molecule has 0 aliphatic carbocycles. The Labute approximate surface area is 181 Å². The van der Waals surface area contributed by atoms with Crippen LogP contribution in [0.25, 0.3) is 28.2 Å². The smallest absolute Gasteiger partial charge is 0.182 e. The second kappa shape index (κ2) is 8.79. The summed E-state index contributed by atoms with van der Waals surface area (Å²) in [5.74, 6) is 1.66. The van der Waals surface area contributed by atoms with Gasteiger partial charge in [0, 0.05) is 24.5 Å². The monoisotopic (exact) mass is 405 g/mol. The van der Waals surface area contributed by atoms with E-state index in [9.17, 15) is 0 Å². The summed E-state index contributed by atoms with van der Waals surface area (Å²) in [6, 6.07) is 28.9. The average molecular weight is 406 g/mol. The lowest BCUT2D eigenvalue weighted by molar-refractivity contribution is 0.847. The van der Waals surface area contributed by atoms with Crippen LogP contribution >= 0.6 is 0 Å². The maximum atomic E-state index is 4.80. The highest BCUT2D eigenvalue weighted by molar-refractivity contribution is 5.72. The van der Waals surface area contributed by atoms with Crippen LogP contribution in [0, 0.1) is 0 Å². The van der Waals surface area contributed by atoms with Gasteiger partial charge in [-0.25, -0.2) is 4.98 Å². The summed E-state index contributed by atoms with van der Waals surface area (Å²) in [7, 11) is 0. The van der Waals surface area contributed by atoms with Crippen molar-refractivity contribution in [1.29, 1.82) is 0 Å². The van der Waals surface area contributed by atoms with Crippen LogP contribution in [0.2, 0.25) is 0 Å². The number of nitrogens with zero attached hydrogens (tertiary/aromatic N) is 4. The van der Waals surface area contributed by atoms with Gasteiger partial charge in [0.05, 0.1) is 0 Å². The van der Waals surface area contributed by atoms with Crippen LogP contribution in [0.15, 0.2) is 97.3 Å². The molecule has 0 saturated heterocycles. The van der Waals surface area contributed by atoms with E-state index >= 15 is 0 Å². The Morgan fingerprint density at radius 1 is 0.742 bits per heavy atom. The molecule has 0 unspecified atom stereocenters. The number of hydrogen-bond donors (Lipinski definition) is 1. The fourth-order valence-electron chi connectivity index (χ4n) is 3.68. The van der Waals surface area contributed by atoms with Gasteiger partial charge in [-0.15, -0.1) is 5.10 Å². The van der Waals surface area contributed by atoms with Gasteiger partial charge in [-0.3, -0.25) is 4.98 Å². The number of nitrogens with one attached hydrogen (secondary N) is 1. The van der Waals surface area contributed by atoms with E-state index in [1.807, 2.05) is 59.4 Å². The molecule has 3 heterocycles. The molecule has 2 aromatic carbocycles. The molecule has 0 bridgehead atoms. The van der Waals surface area contributed by atoms with Gasteiger partial charge in [-0.2, -0.15) is 4.52 Å². The minimum atomic E-state index is 0.722. The van der Waals surface area contributed by atoms with Gasteiger partial charge in [-0.05, 0) is 53.8 Å². The van der Waals surface area contributed by atoms with E-state index < -0.39 is 0 Å². The van der Waals surface area contributed by atoms with Crippen molar-refractivity contribution < 1.29 is 0 Å². The first-order chi connectivity index (χ1) is 15.4. The SMILES string of the molecule is c1ccc(CCCNc2cc(-c3ccncc3)cc3nc(-c4ccccc4)nn23)cc1. The molecule has 0 atom stereocenters. The minimum Gasteiger partial charge on any atom is -0.370 e. The Kier molecular flexibility index (Phi) is 5.39. The maximum Gasteiger partial charge on any atom is 0.182 e. The maximum absolute atomic E-state index is 4.80. The van der Waals surface area contributed by atoms with Gasteiger partial charge in [0.1, 0.15) is 5.82 Å². The zero-order valence-electron chi connectivity index (χ0n) is 17.1. The second-order valence-corrected chi connectivity index (χ2v) is 7.45. The molecule has 5 aromatic rings. The largest absolute Gasteiger partial charge is 0.370 e. The van der Waals surface area contributed by atoms with E-state index in [0.29, 0.717) is 0 Å². The number of aromatic nitrogens is 4. The van der Waals surface area contributed by atoms with Gasteiger partial charge >= 0.3 is 0 Å². The van der Waals surface area contributed by atoms with E-state index in [4.69, 9.17) is 10.1 Å². The number of hydrogen-bond acceptors (Lipinski definition) is 4. The lowest BCUT2D eigenvalue weighted by atomic mass is 10.1. The Morgan fingerprint density at radius 3 is 2.26 bits per heavy atom. The molecule has 5 heteroatoms. The van der Waals surface area contributed by atoms with Crippen molar-refractivity contribution in [2.75, 3.05) is 11.9 Å². The molecule has 0 amide bonds. The van der Waals surface area contributed by atoms with Gasteiger partial charge < -0.3 is 5.32 Å². The molecule has 0 spiro atoms. The summed E-state index contributed by atoms with van der Waals surface area (Å²) in [4.78, 5) is 8.94. The summed E-state index contributed by atoms with van der Waals surface area (Å²) >= 11 is 0. The third-order valence-corrected chi connectivity index (χ3v) is 5.27. The quantitative estimate of drug-likeness (QED) is 0.363. The summed E-state index contributed by atoms with van der Waals surface area (Å²) < 4.78 is 1.90. The topological polar surface area (TPSA) is 55.1 Å². The summed E-state index contributed by atoms with van der Waals surface area (Å²) in [5.41, 5.74) is 5.37. The third kappa shape index (κ3) is 4.31. The molecule has 0 radical (unpaired) electrons. The molecule has 0 aliphatic heterocycles.